The third kappa shape index (κ3) is 3.38. The van der Waals surface area contributed by atoms with Gasteiger partial charge in [0.15, 0.2) is 6.61 Å². The van der Waals surface area contributed by atoms with Gasteiger partial charge in [-0.15, -0.1) is 0 Å². The summed E-state index contributed by atoms with van der Waals surface area (Å²) in [6, 6.07) is 6.33. The molecule has 0 aromatic heterocycles. The SMILES string of the molecule is C[C@@H]1C(=O)NCCN1C(=O)COc1ccc(Cl)cc1. The molecule has 0 spiro atoms. The Balaban J connectivity index is 1.90. The van der Waals surface area contributed by atoms with E-state index in [2.05, 4.69) is 5.32 Å². The molecule has 102 valence electrons. The van der Waals surface area contributed by atoms with E-state index in [0.29, 0.717) is 23.9 Å². The molecule has 0 saturated carbocycles. The molecule has 1 aliphatic rings. The summed E-state index contributed by atoms with van der Waals surface area (Å²) in [7, 11) is 0. The average Bonchev–Trinajstić information content (AvgIpc) is 2.41. The van der Waals surface area contributed by atoms with Crippen molar-refractivity contribution < 1.29 is 14.3 Å². The van der Waals surface area contributed by atoms with E-state index < -0.39 is 6.04 Å². The summed E-state index contributed by atoms with van der Waals surface area (Å²) < 4.78 is 5.38. The molecule has 1 aromatic carbocycles. The van der Waals surface area contributed by atoms with Gasteiger partial charge in [-0.25, -0.2) is 0 Å². The summed E-state index contributed by atoms with van der Waals surface area (Å²) in [4.78, 5) is 25.0. The van der Waals surface area contributed by atoms with Gasteiger partial charge < -0.3 is 15.0 Å². The van der Waals surface area contributed by atoms with E-state index in [4.69, 9.17) is 16.3 Å². The minimum absolute atomic E-state index is 0.0841. The summed E-state index contributed by atoms with van der Waals surface area (Å²) >= 11 is 5.76. The molecular weight excluding hydrogens is 268 g/mol. The molecule has 0 aliphatic carbocycles. The van der Waals surface area contributed by atoms with Crippen molar-refractivity contribution in [1.82, 2.24) is 10.2 Å². The van der Waals surface area contributed by atoms with Gasteiger partial charge >= 0.3 is 0 Å². The maximum atomic E-state index is 12.0. The second kappa shape index (κ2) is 5.93. The Bertz CT molecular complexity index is 475. The molecule has 1 aromatic rings. The number of hydrogen-bond donors (Lipinski definition) is 1. The molecule has 5 nitrogen and oxygen atoms in total. The highest BCUT2D eigenvalue weighted by atomic mass is 35.5. The fourth-order valence-electron chi connectivity index (χ4n) is 1.88. The molecule has 1 fully saturated rings. The van der Waals surface area contributed by atoms with Crippen LogP contribution in [-0.4, -0.2) is 42.5 Å². The number of ether oxygens (including phenoxy) is 1. The topological polar surface area (TPSA) is 58.6 Å². The molecule has 0 bridgehead atoms. The molecule has 2 rings (SSSR count). The fraction of sp³-hybridized carbons (Fsp3) is 0.385. The van der Waals surface area contributed by atoms with Crippen LogP contribution in [0.3, 0.4) is 0 Å². The summed E-state index contributed by atoms with van der Waals surface area (Å²) in [5.74, 6) is 0.246. The Morgan fingerprint density at radius 1 is 1.47 bits per heavy atom. The molecule has 1 N–H and O–H groups in total. The van der Waals surface area contributed by atoms with Crippen molar-refractivity contribution in [1.29, 1.82) is 0 Å². The predicted molar refractivity (Wildman–Crippen MR) is 71.1 cm³/mol. The Hall–Kier alpha value is -1.75. The molecule has 0 radical (unpaired) electrons. The first kappa shape index (κ1) is 13.7. The number of rotatable bonds is 3. The number of halogens is 1. The van der Waals surface area contributed by atoms with Crippen LogP contribution in [0.15, 0.2) is 24.3 Å². The maximum absolute atomic E-state index is 12.0. The van der Waals surface area contributed by atoms with Gasteiger partial charge in [0.2, 0.25) is 5.91 Å². The number of hydrogen-bond acceptors (Lipinski definition) is 3. The van der Waals surface area contributed by atoms with E-state index in [0.717, 1.165) is 0 Å². The van der Waals surface area contributed by atoms with Crippen molar-refractivity contribution in [3.8, 4) is 5.75 Å². The van der Waals surface area contributed by atoms with Gasteiger partial charge in [0.05, 0.1) is 0 Å². The van der Waals surface area contributed by atoms with Gasteiger partial charge in [-0.2, -0.15) is 0 Å². The van der Waals surface area contributed by atoms with Crippen LogP contribution in [0.5, 0.6) is 5.75 Å². The lowest BCUT2D eigenvalue weighted by Gasteiger charge is -2.32. The second-order valence-corrected chi connectivity index (χ2v) is 4.73. The number of amides is 2. The largest absolute Gasteiger partial charge is 0.484 e. The lowest BCUT2D eigenvalue weighted by Crippen LogP contribution is -2.56. The quantitative estimate of drug-likeness (QED) is 0.902. The van der Waals surface area contributed by atoms with E-state index in [1.165, 1.54) is 4.90 Å². The first-order chi connectivity index (χ1) is 9.08. The Morgan fingerprint density at radius 3 is 2.84 bits per heavy atom. The van der Waals surface area contributed by atoms with Crippen molar-refractivity contribution in [2.45, 2.75) is 13.0 Å². The number of nitrogens with one attached hydrogen (secondary N) is 1. The molecule has 1 atom stereocenters. The number of piperazine rings is 1. The van der Waals surface area contributed by atoms with Crippen LogP contribution in [0.4, 0.5) is 0 Å². The third-order valence-corrected chi connectivity index (χ3v) is 3.25. The summed E-state index contributed by atoms with van der Waals surface area (Å²) in [5.41, 5.74) is 0. The smallest absolute Gasteiger partial charge is 0.261 e. The summed E-state index contributed by atoms with van der Waals surface area (Å²) in [6.07, 6.45) is 0. The van der Waals surface area contributed by atoms with Crippen LogP contribution in [0.2, 0.25) is 5.02 Å². The van der Waals surface area contributed by atoms with Crippen LogP contribution < -0.4 is 10.1 Å². The first-order valence-corrected chi connectivity index (χ1v) is 6.41. The monoisotopic (exact) mass is 282 g/mol. The zero-order valence-corrected chi connectivity index (χ0v) is 11.3. The first-order valence-electron chi connectivity index (χ1n) is 6.03. The van der Waals surface area contributed by atoms with Crippen molar-refractivity contribution in [3.63, 3.8) is 0 Å². The molecule has 1 heterocycles. The van der Waals surface area contributed by atoms with Crippen molar-refractivity contribution in [2.75, 3.05) is 19.7 Å². The molecule has 1 saturated heterocycles. The zero-order chi connectivity index (χ0) is 13.8. The van der Waals surface area contributed by atoms with Gasteiger partial charge in [-0.05, 0) is 31.2 Å². The molecular formula is C13H15ClN2O3. The van der Waals surface area contributed by atoms with E-state index in [1.807, 2.05) is 0 Å². The van der Waals surface area contributed by atoms with Crippen molar-refractivity contribution in [2.24, 2.45) is 0 Å². The second-order valence-electron chi connectivity index (χ2n) is 4.30. The van der Waals surface area contributed by atoms with Gasteiger partial charge in [-0.3, -0.25) is 9.59 Å². The summed E-state index contributed by atoms with van der Waals surface area (Å²) in [5, 5.41) is 3.32. The van der Waals surface area contributed by atoms with Crippen LogP contribution >= 0.6 is 11.6 Å². The van der Waals surface area contributed by atoms with E-state index >= 15 is 0 Å². The average molecular weight is 283 g/mol. The molecule has 19 heavy (non-hydrogen) atoms. The van der Waals surface area contributed by atoms with E-state index in [9.17, 15) is 9.59 Å². The minimum atomic E-state index is -0.449. The molecule has 6 heteroatoms. The fourth-order valence-corrected chi connectivity index (χ4v) is 2.01. The Labute approximate surface area is 116 Å². The van der Waals surface area contributed by atoms with Crippen LogP contribution in [0.25, 0.3) is 0 Å². The Kier molecular flexibility index (Phi) is 4.27. The lowest BCUT2D eigenvalue weighted by atomic mass is 10.2. The normalized spacial score (nSPS) is 18.9. The minimum Gasteiger partial charge on any atom is -0.484 e. The van der Waals surface area contributed by atoms with E-state index in [1.54, 1.807) is 31.2 Å². The van der Waals surface area contributed by atoms with E-state index in [-0.39, 0.29) is 18.4 Å². The number of carbonyl (C=O) groups is 2. The van der Waals surface area contributed by atoms with Crippen LogP contribution in [0, 0.1) is 0 Å². The van der Waals surface area contributed by atoms with Crippen LogP contribution in [0.1, 0.15) is 6.92 Å². The predicted octanol–water partition coefficient (Wildman–Crippen LogP) is 1.07. The number of nitrogens with zero attached hydrogens (tertiary/aromatic N) is 1. The third-order valence-electron chi connectivity index (χ3n) is 3.00. The maximum Gasteiger partial charge on any atom is 0.261 e. The lowest BCUT2D eigenvalue weighted by molar-refractivity contribution is -0.143. The molecule has 1 aliphatic heterocycles. The highest BCUT2D eigenvalue weighted by molar-refractivity contribution is 6.30. The van der Waals surface area contributed by atoms with Gasteiger partial charge in [0.25, 0.3) is 5.91 Å². The molecule has 2 amide bonds. The Morgan fingerprint density at radius 2 is 2.16 bits per heavy atom. The van der Waals surface area contributed by atoms with Crippen molar-refractivity contribution in [3.05, 3.63) is 29.3 Å². The van der Waals surface area contributed by atoms with Gasteiger partial charge in [0, 0.05) is 18.1 Å². The van der Waals surface area contributed by atoms with Crippen LogP contribution in [-0.2, 0) is 9.59 Å². The van der Waals surface area contributed by atoms with Gasteiger partial charge in [-0.1, -0.05) is 11.6 Å². The zero-order valence-electron chi connectivity index (χ0n) is 10.6. The highest BCUT2D eigenvalue weighted by Crippen LogP contribution is 2.15. The van der Waals surface area contributed by atoms with Gasteiger partial charge in [0.1, 0.15) is 11.8 Å². The van der Waals surface area contributed by atoms with Crippen molar-refractivity contribution >= 4 is 23.4 Å². The highest BCUT2D eigenvalue weighted by Gasteiger charge is 2.29. The summed E-state index contributed by atoms with van der Waals surface area (Å²) in [6.45, 7) is 2.61. The molecule has 0 unspecified atom stereocenters. The number of benzene rings is 1. The standard InChI is InChI=1S/C13H15ClN2O3/c1-9-13(18)15-6-7-16(9)12(17)8-19-11-4-2-10(14)3-5-11/h2-5,9H,6-8H2,1H3,(H,15,18)/t9-/m1/s1. The number of carbonyl (C=O) groups excluding carboxylic acids is 2.